The molecule has 0 spiro atoms. The molecular weight excluding hydrogens is 218 g/mol. The van der Waals surface area contributed by atoms with E-state index in [1.54, 1.807) is 0 Å². The molecule has 1 aliphatic heterocycles. The minimum absolute atomic E-state index is 0.0539. The van der Waals surface area contributed by atoms with Gasteiger partial charge >= 0.3 is 0 Å². The van der Waals surface area contributed by atoms with Crippen LogP contribution in [0.2, 0.25) is 0 Å². The number of ether oxygens (including phenoxy) is 1. The third-order valence-corrected chi connectivity index (χ3v) is 3.19. The van der Waals surface area contributed by atoms with E-state index in [1.807, 2.05) is 28.1 Å². The van der Waals surface area contributed by atoms with Crippen molar-refractivity contribution in [2.45, 2.75) is 25.4 Å². The van der Waals surface area contributed by atoms with Crippen LogP contribution in [-0.4, -0.2) is 63.8 Å². The molecule has 1 saturated heterocycles. The molecule has 0 aromatic carbocycles. The average Bonchev–Trinajstić information content (AvgIpc) is 2.74. The Labute approximate surface area is 104 Å². The van der Waals surface area contributed by atoms with Crippen LogP contribution >= 0.6 is 0 Å². The van der Waals surface area contributed by atoms with Crippen molar-refractivity contribution in [2.24, 2.45) is 5.92 Å². The summed E-state index contributed by atoms with van der Waals surface area (Å²) in [5.74, 6) is 0.0508. The lowest BCUT2D eigenvalue weighted by Crippen LogP contribution is -2.45. The first-order valence-corrected chi connectivity index (χ1v) is 6.24. The van der Waals surface area contributed by atoms with Crippen molar-refractivity contribution >= 4 is 5.91 Å². The highest BCUT2D eigenvalue weighted by molar-refractivity contribution is 5.80. The summed E-state index contributed by atoms with van der Waals surface area (Å²) in [6.07, 6.45) is 0.969. The highest BCUT2D eigenvalue weighted by atomic mass is 16.5. The Morgan fingerprint density at radius 3 is 2.76 bits per heavy atom. The maximum atomic E-state index is 12.0. The third kappa shape index (κ3) is 4.61. The molecular formula is C12H25N3O2. The fourth-order valence-corrected chi connectivity index (χ4v) is 1.97. The summed E-state index contributed by atoms with van der Waals surface area (Å²) in [7, 11) is 5.95. The third-order valence-electron chi connectivity index (χ3n) is 3.19. The molecule has 0 saturated carbocycles. The van der Waals surface area contributed by atoms with Gasteiger partial charge in [-0.1, -0.05) is 0 Å². The van der Waals surface area contributed by atoms with Crippen molar-refractivity contribution in [1.82, 2.24) is 15.5 Å². The molecule has 17 heavy (non-hydrogen) atoms. The molecule has 3 unspecified atom stereocenters. The van der Waals surface area contributed by atoms with Gasteiger partial charge in [0.1, 0.15) is 0 Å². The first-order chi connectivity index (χ1) is 8.04. The fraction of sp³-hybridized carbons (Fsp3) is 0.917. The lowest BCUT2D eigenvalue weighted by molar-refractivity contribution is -0.126. The predicted molar refractivity (Wildman–Crippen MR) is 67.9 cm³/mol. The van der Waals surface area contributed by atoms with Crippen LogP contribution in [0, 0.1) is 5.92 Å². The van der Waals surface area contributed by atoms with Crippen LogP contribution in [0.3, 0.4) is 0 Å². The maximum absolute atomic E-state index is 12.0. The second kappa shape index (κ2) is 6.93. The van der Waals surface area contributed by atoms with E-state index in [1.165, 1.54) is 0 Å². The zero-order chi connectivity index (χ0) is 12.8. The van der Waals surface area contributed by atoms with E-state index in [0.717, 1.165) is 13.0 Å². The molecule has 0 aromatic heterocycles. The Morgan fingerprint density at radius 1 is 1.47 bits per heavy atom. The van der Waals surface area contributed by atoms with Crippen molar-refractivity contribution in [3.05, 3.63) is 0 Å². The molecule has 1 aliphatic rings. The van der Waals surface area contributed by atoms with Crippen LogP contribution in [-0.2, 0) is 9.53 Å². The van der Waals surface area contributed by atoms with Crippen molar-refractivity contribution in [3.63, 3.8) is 0 Å². The summed E-state index contributed by atoms with van der Waals surface area (Å²) in [5.41, 5.74) is 0. The number of hydrogen-bond acceptors (Lipinski definition) is 4. The molecule has 1 amide bonds. The second-order valence-corrected chi connectivity index (χ2v) is 5.04. The molecule has 5 heteroatoms. The van der Waals surface area contributed by atoms with Crippen molar-refractivity contribution in [3.8, 4) is 0 Å². The standard InChI is InChI=1S/C12H25N3O2/c1-9(5-6-15(3)4)14-12(16)10-7-17-8-11(10)13-2/h9-11,13H,5-8H2,1-4H3,(H,14,16). The number of likely N-dealkylation sites (N-methyl/N-ethyl adjacent to an activating group) is 1. The van der Waals surface area contributed by atoms with Gasteiger partial charge < -0.3 is 20.3 Å². The summed E-state index contributed by atoms with van der Waals surface area (Å²) in [6, 6.07) is 0.360. The Kier molecular flexibility index (Phi) is 5.88. The Balaban J connectivity index is 2.32. The monoisotopic (exact) mass is 243 g/mol. The SMILES string of the molecule is CNC1COCC1C(=O)NC(C)CCN(C)C. The summed E-state index contributed by atoms with van der Waals surface area (Å²) in [5, 5.41) is 6.18. The van der Waals surface area contributed by atoms with Gasteiger partial charge in [-0.15, -0.1) is 0 Å². The largest absolute Gasteiger partial charge is 0.379 e. The zero-order valence-electron chi connectivity index (χ0n) is 11.3. The summed E-state index contributed by atoms with van der Waals surface area (Å²) in [4.78, 5) is 14.1. The molecule has 0 radical (unpaired) electrons. The predicted octanol–water partition coefficient (Wildman–Crippen LogP) is -0.323. The van der Waals surface area contributed by atoms with Gasteiger partial charge in [0, 0.05) is 12.1 Å². The molecule has 5 nitrogen and oxygen atoms in total. The molecule has 100 valence electrons. The Bertz CT molecular complexity index is 246. The lowest BCUT2D eigenvalue weighted by atomic mass is 10.0. The van der Waals surface area contributed by atoms with Gasteiger partial charge in [-0.05, 0) is 41.0 Å². The number of hydrogen-bond donors (Lipinski definition) is 2. The van der Waals surface area contributed by atoms with E-state index in [0.29, 0.717) is 13.2 Å². The van der Waals surface area contributed by atoms with Crippen LogP contribution < -0.4 is 10.6 Å². The van der Waals surface area contributed by atoms with Crippen LogP contribution in [0.4, 0.5) is 0 Å². The molecule has 0 bridgehead atoms. The molecule has 1 rings (SSSR count). The Morgan fingerprint density at radius 2 is 2.18 bits per heavy atom. The van der Waals surface area contributed by atoms with Gasteiger partial charge in [0.15, 0.2) is 0 Å². The minimum atomic E-state index is -0.0539. The quantitative estimate of drug-likeness (QED) is 0.671. The normalized spacial score (nSPS) is 26.2. The number of amides is 1. The van der Waals surface area contributed by atoms with E-state index in [2.05, 4.69) is 15.5 Å². The van der Waals surface area contributed by atoms with E-state index < -0.39 is 0 Å². The number of carbonyl (C=O) groups excluding carboxylic acids is 1. The highest BCUT2D eigenvalue weighted by Crippen LogP contribution is 2.13. The van der Waals surface area contributed by atoms with Crippen molar-refractivity contribution < 1.29 is 9.53 Å². The van der Waals surface area contributed by atoms with Crippen LogP contribution in [0.5, 0.6) is 0 Å². The van der Waals surface area contributed by atoms with Crippen LogP contribution in [0.25, 0.3) is 0 Å². The number of rotatable bonds is 6. The first kappa shape index (κ1) is 14.4. The van der Waals surface area contributed by atoms with E-state index >= 15 is 0 Å². The van der Waals surface area contributed by atoms with Crippen LogP contribution in [0.15, 0.2) is 0 Å². The lowest BCUT2D eigenvalue weighted by Gasteiger charge is -2.21. The van der Waals surface area contributed by atoms with Crippen LogP contribution in [0.1, 0.15) is 13.3 Å². The second-order valence-electron chi connectivity index (χ2n) is 5.04. The fourth-order valence-electron chi connectivity index (χ4n) is 1.97. The molecule has 3 atom stereocenters. The average molecular weight is 243 g/mol. The van der Waals surface area contributed by atoms with E-state index in [4.69, 9.17) is 4.74 Å². The van der Waals surface area contributed by atoms with Gasteiger partial charge in [0.2, 0.25) is 5.91 Å². The first-order valence-electron chi connectivity index (χ1n) is 6.24. The minimum Gasteiger partial charge on any atom is -0.379 e. The molecule has 1 fully saturated rings. The molecule has 0 aliphatic carbocycles. The van der Waals surface area contributed by atoms with E-state index in [9.17, 15) is 4.79 Å². The maximum Gasteiger partial charge on any atom is 0.227 e. The number of nitrogens with one attached hydrogen (secondary N) is 2. The summed E-state index contributed by atoms with van der Waals surface area (Å²) < 4.78 is 5.33. The van der Waals surface area contributed by atoms with Crippen molar-refractivity contribution in [2.75, 3.05) is 40.9 Å². The molecule has 2 N–H and O–H groups in total. The molecule has 0 aromatic rings. The van der Waals surface area contributed by atoms with Gasteiger partial charge in [-0.3, -0.25) is 4.79 Å². The summed E-state index contributed by atoms with van der Waals surface area (Å²) in [6.45, 7) is 4.18. The van der Waals surface area contributed by atoms with Crippen molar-refractivity contribution in [1.29, 1.82) is 0 Å². The van der Waals surface area contributed by atoms with E-state index in [-0.39, 0.29) is 23.9 Å². The number of carbonyl (C=O) groups is 1. The molecule has 1 heterocycles. The number of nitrogens with zero attached hydrogens (tertiary/aromatic N) is 1. The zero-order valence-corrected chi connectivity index (χ0v) is 11.3. The summed E-state index contributed by atoms with van der Waals surface area (Å²) >= 11 is 0. The smallest absolute Gasteiger partial charge is 0.227 e. The Hall–Kier alpha value is -0.650. The van der Waals surface area contributed by atoms with Gasteiger partial charge in [-0.25, -0.2) is 0 Å². The van der Waals surface area contributed by atoms with Gasteiger partial charge in [0.05, 0.1) is 19.1 Å². The highest BCUT2D eigenvalue weighted by Gasteiger charge is 2.33. The van der Waals surface area contributed by atoms with Gasteiger partial charge in [-0.2, -0.15) is 0 Å². The van der Waals surface area contributed by atoms with Gasteiger partial charge in [0.25, 0.3) is 0 Å². The topological polar surface area (TPSA) is 53.6 Å².